The molecule has 1 amide bonds. The Balaban J connectivity index is 1.42. The van der Waals surface area contributed by atoms with Gasteiger partial charge in [-0.1, -0.05) is 18.2 Å². The second-order valence-electron chi connectivity index (χ2n) is 7.68. The van der Waals surface area contributed by atoms with Crippen LogP contribution < -0.4 is 4.74 Å². The molecule has 5 rings (SSSR count). The Morgan fingerprint density at radius 2 is 1.93 bits per heavy atom. The number of fused-ring (bicyclic) bond motifs is 2. The van der Waals surface area contributed by atoms with Crippen molar-refractivity contribution in [3.05, 3.63) is 47.3 Å². The molecular formula is C23H24N2O4S. The molecule has 2 aliphatic rings. The topological polar surface area (TPSA) is 62.2 Å². The van der Waals surface area contributed by atoms with Gasteiger partial charge < -0.3 is 19.5 Å². The highest BCUT2D eigenvalue weighted by Crippen LogP contribution is 2.41. The number of carbonyl (C=O) groups excluding carboxylic acids is 1. The molecule has 0 bridgehead atoms. The zero-order valence-corrected chi connectivity index (χ0v) is 17.5. The maximum atomic E-state index is 12.7. The number of nitrogens with zero attached hydrogens (tertiary/aromatic N) is 2. The summed E-state index contributed by atoms with van der Waals surface area (Å²) in [7, 11) is 0. The van der Waals surface area contributed by atoms with Crippen molar-refractivity contribution < 1.29 is 19.4 Å². The van der Waals surface area contributed by atoms with Gasteiger partial charge in [-0.25, -0.2) is 0 Å². The Hall–Kier alpha value is -2.61. The van der Waals surface area contributed by atoms with Gasteiger partial charge in [0, 0.05) is 47.4 Å². The number of carbonyl (C=O) groups is 1. The summed E-state index contributed by atoms with van der Waals surface area (Å²) >= 11 is 1.70. The van der Waals surface area contributed by atoms with Gasteiger partial charge in [-0.05, 0) is 29.1 Å². The molecule has 0 atom stereocenters. The fraction of sp³-hybridized carbons (Fsp3) is 0.348. The third-order valence-corrected chi connectivity index (χ3v) is 6.67. The molecule has 1 saturated heterocycles. The monoisotopic (exact) mass is 424 g/mol. The highest BCUT2D eigenvalue weighted by molar-refractivity contribution is 7.17. The quantitative estimate of drug-likeness (QED) is 0.699. The van der Waals surface area contributed by atoms with E-state index in [0.717, 1.165) is 16.7 Å². The van der Waals surface area contributed by atoms with Crippen molar-refractivity contribution in [3.8, 4) is 22.6 Å². The molecular weight excluding hydrogens is 400 g/mol. The van der Waals surface area contributed by atoms with Crippen LogP contribution in [0.25, 0.3) is 21.2 Å². The number of aromatic hydroxyl groups is 1. The average molecular weight is 425 g/mol. The van der Waals surface area contributed by atoms with Gasteiger partial charge in [-0.15, -0.1) is 11.3 Å². The van der Waals surface area contributed by atoms with Gasteiger partial charge in [0.1, 0.15) is 6.61 Å². The lowest BCUT2D eigenvalue weighted by atomic mass is 10.0. The highest BCUT2D eigenvalue weighted by Gasteiger charge is 2.24. The largest absolute Gasteiger partial charge is 0.504 e. The number of phenolic OH excluding ortho intramolecular Hbond substituents is 1. The van der Waals surface area contributed by atoms with Crippen molar-refractivity contribution in [1.29, 1.82) is 0 Å². The van der Waals surface area contributed by atoms with Crippen LogP contribution in [0, 0.1) is 0 Å². The number of hydrogen-bond donors (Lipinski definition) is 1. The molecule has 2 aliphatic heterocycles. The van der Waals surface area contributed by atoms with E-state index in [-0.39, 0.29) is 11.7 Å². The van der Waals surface area contributed by atoms with Gasteiger partial charge in [-0.2, -0.15) is 0 Å². The third-order valence-electron chi connectivity index (χ3n) is 5.71. The first kappa shape index (κ1) is 19.4. The van der Waals surface area contributed by atoms with Crippen molar-refractivity contribution >= 4 is 27.3 Å². The van der Waals surface area contributed by atoms with Gasteiger partial charge in [0.2, 0.25) is 5.91 Å². The second-order valence-corrected chi connectivity index (χ2v) is 8.59. The molecule has 1 N–H and O–H groups in total. The molecule has 2 aromatic carbocycles. The zero-order chi connectivity index (χ0) is 20.5. The van der Waals surface area contributed by atoms with Crippen molar-refractivity contribution in [3.63, 3.8) is 0 Å². The van der Waals surface area contributed by atoms with Crippen LogP contribution in [0.1, 0.15) is 5.56 Å². The van der Waals surface area contributed by atoms with Crippen LogP contribution in [0.2, 0.25) is 0 Å². The highest BCUT2D eigenvalue weighted by atomic mass is 32.1. The Labute approximate surface area is 179 Å². The SMILES string of the molecule is O=C(CN1CCOc2c(O)cc(-c3csc4ccccc34)cc2C1)N1CCOCC1. The molecule has 6 nitrogen and oxygen atoms in total. The minimum absolute atomic E-state index is 0.117. The standard InChI is InChI=1S/C23H24N2O4S/c26-20-12-16(19-15-30-21-4-2-1-3-18(19)21)11-17-13-24(5-10-29-23(17)20)14-22(27)25-6-8-28-9-7-25/h1-4,11-12,15,26H,5-10,13-14H2. The molecule has 1 fully saturated rings. The van der Waals surface area contributed by atoms with Crippen LogP contribution in [0.5, 0.6) is 11.5 Å². The zero-order valence-electron chi connectivity index (χ0n) is 16.7. The summed E-state index contributed by atoms with van der Waals surface area (Å²) in [5.74, 6) is 0.796. The molecule has 156 valence electrons. The van der Waals surface area contributed by atoms with Gasteiger partial charge in [-0.3, -0.25) is 9.69 Å². The lowest BCUT2D eigenvalue weighted by Gasteiger charge is -2.29. The number of thiophene rings is 1. The van der Waals surface area contributed by atoms with Gasteiger partial charge in [0.05, 0.1) is 19.8 Å². The van der Waals surface area contributed by atoms with Crippen LogP contribution in [-0.4, -0.2) is 66.8 Å². The lowest BCUT2D eigenvalue weighted by molar-refractivity contribution is -0.136. The number of amides is 1. The number of ether oxygens (including phenoxy) is 2. The van der Waals surface area contributed by atoms with Gasteiger partial charge in [0.15, 0.2) is 11.5 Å². The predicted octanol–water partition coefficient (Wildman–Crippen LogP) is 3.33. The molecule has 0 saturated carbocycles. The van der Waals surface area contributed by atoms with E-state index < -0.39 is 0 Å². The number of rotatable bonds is 3. The summed E-state index contributed by atoms with van der Waals surface area (Å²) in [5, 5.41) is 14.0. The lowest BCUT2D eigenvalue weighted by Crippen LogP contribution is -2.46. The molecule has 3 aromatic rings. The molecule has 0 unspecified atom stereocenters. The minimum atomic E-state index is 0.117. The van der Waals surface area contributed by atoms with E-state index in [1.807, 2.05) is 17.0 Å². The van der Waals surface area contributed by atoms with Crippen LogP contribution >= 0.6 is 11.3 Å². The van der Waals surface area contributed by atoms with E-state index in [1.54, 1.807) is 17.4 Å². The van der Waals surface area contributed by atoms with Crippen LogP contribution in [-0.2, 0) is 16.1 Å². The first-order valence-corrected chi connectivity index (χ1v) is 11.1. The van der Waals surface area contributed by atoms with Crippen LogP contribution in [0.4, 0.5) is 0 Å². The third kappa shape index (κ3) is 3.76. The summed E-state index contributed by atoms with van der Waals surface area (Å²) in [6.07, 6.45) is 0. The maximum Gasteiger partial charge on any atom is 0.236 e. The minimum Gasteiger partial charge on any atom is -0.504 e. The van der Waals surface area contributed by atoms with E-state index in [4.69, 9.17) is 9.47 Å². The number of hydrogen-bond acceptors (Lipinski definition) is 6. The van der Waals surface area contributed by atoms with Crippen molar-refractivity contribution in [2.24, 2.45) is 0 Å². The Kier molecular flexibility index (Phi) is 5.33. The summed E-state index contributed by atoms with van der Waals surface area (Å²) in [5.41, 5.74) is 2.98. The first-order chi connectivity index (χ1) is 14.7. The molecule has 3 heterocycles. The van der Waals surface area contributed by atoms with Crippen LogP contribution in [0.15, 0.2) is 41.8 Å². The summed E-state index contributed by atoms with van der Waals surface area (Å²) in [6, 6.07) is 12.1. The summed E-state index contributed by atoms with van der Waals surface area (Å²) in [4.78, 5) is 16.7. The molecule has 0 spiro atoms. The summed E-state index contributed by atoms with van der Waals surface area (Å²) in [6.45, 7) is 4.49. The predicted molar refractivity (Wildman–Crippen MR) is 117 cm³/mol. The number of phenols is 1. The molecule has 1 aromatic heterocycles. The number of morpholine rings is 1. The van der Waals surface area contributed by atoms with Crippen molar-refractivity contribution in [1.82, 2.24) is 9.80 Å². The fourth-order valence-electron chi connectivity index (χ4n) is 4.15. The smallest absolute Gasteiger partial charge is 0.236 e. The van der Waals surface area contributed by atoms with E-state index in [9.17, 15) is 9.90 Å². The average Bonchev–Trinajstić information content (AvgIpc) is 3.09. The molecule has 0 radical (unpaired) electrons. The summed E-state index contributed by atoms with van der Waals surface area (Å²) < 4.78 is 12.4. The fourth-order valence-corrected chi connectivity index (χ4v) is 5.12. The van der Waals surface area contributed by atoms with Crippen molar-refractivity contribution in [2.45, 2.75) is 6.54 Å². The second kappa shape index (κ2) is 8.26. The Bertz CT molecular complexity index is 1070. The maximum absolute atomic E-state index is 12.7. The first-order valence-electron chi connectivity index (χ1n) is 10.2. The molecule has 7 heteroatoms. The molecule has 0 aliphatic carbocycles. The van der Waals surface area contributed by atoms with E-state index in [1.165, 1.54) is 10.1 Å². The number of benzene rings is 2. The van der Waals surface area contributed by atoms with E-state index in [0.29, 0.717) is 58.3 Å². The molecule has 30 heavy (non-hydrogen) atoms. The Morgan fingerprint density at radius 1 is 1.10 bits per heavy atom. The Morgan fingerprint density at radius 3 is 2.80 bits per heavy atom. The van der Waals surface area contributed by atoms with Gasteiger partial charge >= 0.3 is 0 Å². The van der Waals surface area contributed by atoms with Crippen molar-refractivity contribution in [2.75, 3.05) is 46.0 Å². The van der Waals surface area contributed by atoms with E-state index >= 15 is 0 Å². The van der Waals surface area contributed by atoms with Gasteiger partial charge in [0.25, 0.3) is 0 Å². The van der Waals surface area contributed by atoms with Crippen LogP contribution in [0.3, 0.4) is 0 Å². The van der Waals surface area contributed by atoms with E-state index in [2.05, 4.69) is 28.5 Å². The normalized spacial score (nSPS) is 17.4.